The largest absolute Gasteiger partial charge is 0.377 e. The second kappa shape index (κ2) is 2.94. The summed E-state index contributed by atoms with van der Waals surface area (Å²) < 4.78 is 24.4. The molecule has 1 saturated carbocycles. The van der Waals surface area contributed by atoms with E-state index in [-0.39, 0.29) is 5.41 Å². The van der Waals surface area contributed by atoms with Crippen LogP contribution in [0.4, 0.5) is 8.78 Å². The van der Waals surface area contributed by atoms with E-state index in [1.165, 1.54) is 0 Å². The van der Waals surface area contributed by atoms with Crippen molar-refractivity contribution in [1.29, 1.82) is 0 Å². The minimum absolute atomic E-state index is 0.0634. The van der Waals surface area contributed by atoms with Gasteiger partial charge in [-0.15, -0.1) is 0 Å². The average molecular weight is 242 g/mol. The van der Waals surface area contributed by atoms with Crippen molar-refractivity contribution in [3.05, 3.63) is 0 Å². The Morgan fingerprint density at radius 3 is 2.50 bits per heavy atom. The summed E-state index contributed by atoms with van der Waals surface area (Å²) in [7, 11) is 0. The molecule has 0 saturated heterocycles. The molecular formula is C7H10BrF2NO. The number of carbonyl (C=O) groups is 1. The van der Waals surface area contributed by atoms with Crippen molar-refractivity contribution in [2.75, 3.05) is 6.54 Å². The van der Waals surface area contributed by atoms with Crippen molar-refractivity contribution < 1.29 is 13.6 Å². The van der Waals surface area contributed by atoms with Gasteiger partial charge in [-0.1, -0.05) is 6.92 Å². The van der Waals surface area contributed by atoms with Crippen LogP contribution in [0.25, 0.3) is 0 Å². The smallest absolute Gasteiger partial charge is 0.350 e. The van der Waals surface area contributed by atoms with E-state index >= 15 is 0 Å². The van der Waals surface area contributed by atoms with Gasteiger partial charge in [0.15, 0.2) is 0 Å². The van der Waals surface area contributed by atoms with Crippen molar-refractivity contribution in [3.8, 4) is 0 Å². The number of rotatable bonds is 3. The van der Waals surface area contributed by atoms with E-state index in [9.17, 15) is 13.6 Å². The molecule has 0 aromatic carbocycles. The predicted octanol–water partition coefficient (Wildman–Crippen LogP) is 1.89. The molecule has 1 fully saturated rings. The summed E-state index contributed by atoms with van der Waals surface area (Å²) in [4.78, 5) is 7.20. The number of nitrogens with one attached hydrogen (secondary N) is 1. The van der Waals surface area contributed by atoms with Gasteiger partial charge in [0.2, 0.25) is 0 Å². The van der Waals surface area contributed by atoms with Gasteiger partial charge in [0.1, 0.15) is 0 Å². The zero-order valence-corrected chi connectivity index (χ0v) is 8.25. The first-order chi connectivity index (χ1) is 5.33. The van der Waals surface area contributed by atoms with Gasteiger partial charge >= 0.3 is 10.7 Å². The highest BCUT2D eigenvalue weighted by Gasteiger charge is 2.40. The summed E-state index contributed by atoms with van der Waals surface area (Å²) in [5.41, 5.74) is 0.0634. The van der Waals surface area contributed by atoms with E-state index < -0.39 is 10.7 Å². The van der Waals surface area contributed by atoms with Crippen LogP contribution < -0.4 is 5.32 Å². The molecule has 0 bridgehead atoms. The summed E-state index contributed by atoms with van der Waals surface area (Å²) in [5, 5.41) is 2.19. The van der Waals surface area contributed by atoms with Gasteiger partial charge < -0.3 is 5.32 Å². The summed E-state index contributed by atoms with van der Waals surface area (Å²) in [6.07, 6.45) is 2.00. The van der Waals surface area contributed by atoms with Gasteiger partial charge in [-0.2, -0.15) is 8.78 Å². The van der Waals surface area contributed by atoms with E-state index in [2.05, 4.69) is 5.32 Å². The topological polar surface area (TPSA) is 29.1 Å². The first-order valence-electron chi connectivity index (χ1n) is 3.69. The van der Waals surface area contributed by atoms with E-state index in [1.54, 1.807) is 0 Å². The van der Waals surface area contributed by atoms with Crippen LogP contribution in [-0.4, -0.2) is 17.3 Å². The Hall–Kier alpha value is -0.190. The van der Waals surface area contributed by atoms with Crippen molar-refractivity contribution in [2.24, 2.45) is 5.41 Å². The Morgan fingerprint density at radius 2 is 2.17 bits per heavy atom. The number of halogens is 3. The van der Waals surface area contributed by atoms with Gasteiger partial charge in [0, 0.05) is 22.5 Å². The van der Waals surface area contributed by atoms with E-state index in [0.717, 1.165) is 12.8 Å². The maximum atomic E-state index is 12.2. The fraction of sp³-hybridized carbons (Fsp3) is 0.857. The van der Waals surface area contributed by atoms with Gasteiger partial charge in [-0.05, 0) is 18.3 Å². The molecule has 0 spiro atoms. The average Bonchev–Trinajstić information content (AvgIpc) is 2.62. The quantitative estimate of drug-likeness (QED) is 0.752. The number of amides is 1. The highest BCUT2D eigenvalue weighted by molar-refractivity contribution is 9.10. The van der Waals surface area contributed by atoms with E-state index in [1.807, 2.05) is 22.9 Å². The molecule has 0 radical (unpaired) electrons. The third-order valence-corrected chi connectivity index (χ3v) is 2.40. The third kappa shape index (κ3) is 2.69. The second-order valence-electron chi connectivity index (χ2n) is 3.49. The molecule has 1 aliphatic rings. The van der Waals surface area contributed by atoms with Crippen LogP contribution in [0.5, 0.6) is 0 Å². The molecule has 1 rings (SSSR count). The minimum Gasteiger partial charge on any atom is -0.350 e. The van der Waals surface area contributed by atoms with Crippen molar-refractivity contribution in [1.82, 2.24) is 5.32 Å². The molecule has 5 heteroatoms. The fourth-order valence-corrected chi connectivity index (χ4v) is 0.924. The van der Waals surface area contributed by atoms with Crippen LogP contribution in [0.1, 0.15) is 19.8 Å². The standard InChI is InChI=1S/C7H10BrF2NO/c1-6(2-3-6)4-11-5(12)7(8,9)10/h2-4H2,1H3,(H,11,12). The number of alkyl halides is 3. The lowest BCUT2D eigenvalue weighted by Gasteiger charge is -2.12. The highest BCUT2D eigenvalue weighted by Crippen LogP contribution is 2.44. The predicted molar refractivity (Wildman–Crippen MR) is 44.2 cm³/mol. The van der Waals surface area contributed by atoms with Crippen LogP contribution in [0.15, 0.2) is 0 Å². The molecule has 70 valence electrons. The number of hydrogen-bond donors (Lipinski definition) is 1. The molecule has 0 unspecified atom stereocenters. The third-order valence-electron chi connectivity index (χ3n) is 2.04. The number of carbonyl (C=O) groups excluding carboxylic acids is 1. The molecule has 0 aromatic heterocycles. The van der Waals surface area contributed by atoms with Crippen LogP contribution >= 0.6 is 15.9 Å². The van der Waals surface area contributed by atoms with Crippen LogP contribution in [0.2, 0.25) is 0 Å². The highest BCUT2D eigenvalue weighted by atomic mass is 79.9. The zero-order valence-electron chi connectivity index (χ0n) is 6.66. The molecule has 0 heterocycles. The molecule has 0 atom stereocenters. The summed E-state index contributed by atoms with van der Waals surface area (Å²) in [6.45, 7) is 2.30. The maximum absolute atomic E-state index is 12.2. The molecule has 1 N–H and O–H groups in total. The van der Waals surface area contributed by atoms with Crippen LogP contribution in [0.3, 0.4) is 0 Å². The van der Waals surface area contributed by atoms with Crippen LogP contribution in [0, 0.1) is 5.41 Å². The Labute approximate surface area is 77.8 Å². The van der Waals surface area contributed by atoms with E-state index in [0.29, 0.717) is 6.54 Å². The molecule has 0 aromatic rings. The SMILES string of the molecule is CC1(CNC(=O)C(F)(F)Br)CC1. The Morgan fingerprint density at radius 1 is 1.67 bits per heavy atom. The van der Waals surface area contributed by atoms with Crippen molar-refractivity contribution in [2.45, 2.75) is 24.6 Å². The fourth-order valence-electron chi connectivity index (χ4n) is 0.784. The summed E-state index contributed by atoms with van der Waals surface area (Å²) >= 11 is 1.99. The summed E-state index contributed by atoms with van der Waals surface area (Å²) in [5.74, 6) is -1.25. The van der Waals surface area contributed by atoms with Crippen molar-refractivity contribution in [3.63, 3.8) is 0 Å². The Balaban J connectivity index is 2.28. The zero-order chi connectivity index (χ0) is 9.41. The normalized spacial score (nSPS) is 20.3. The van der Waals surface area contributed by atoms with Crippen molar-refractivity contribution >= 4 is 21.8 Å². The van der Waals surface area contributed by atoms with Gasteiger partial charge in [0.25, 0.3) is 0 Å². The second-order valence-corrected chi connectivity index (χ2v) is 4.49. The Bertz CT molecular complexity index is 198. The van der Waals surface area contributed by atoms with Crippen LogP contribution in [-0.2, 0) is 4.79 Å². The van der Waals surface area contributed by atoms with Gasteiger partial charge in [-0.25, -0.2) is 0 Å². The molecule has 2 nitrogen and oxygen atoms in total. The molecular weight excluding hydrogens is 232 g/mol. The lowest BCUT2D eigenvalue weighted by Crippen LogP contribution is -2.38. The number of hydrogen-bond acceptors (Lipinski definition) is 1. The minimum atomic E-state index is -3.43. The Kier molecular flexibility index (Phi) is 2.42. The first kappa shape index (κ1) is 9.89. The molecule has 12 heavy (non-hydrogen) atoms. The first-order valence-corrected chi connectivity index (χ1v) is 4.48. The lowest BCUT2D eigenvalue weighted by molar-refractivity contribution is -0.134. The van der Waals surface area contributed by atoms with E-state index in [4.69, 9.17) is 0 Å². The van der Waals surface area contributed by atoms with Gasteiger partial charge in [-0.3, -0.25) is 4.79 Å². The molecule has 1 amide bonds. The lowest BCUT2D eigenvalue weighted by atomic mass is 10.1. The molecule has 0 aliphatic heterocycles. The monoisotopic (exact) mass is 241 g/mol. The summed E-state index contributed by atoms with van der Waals surface area (Å²) in [6, 6.07) is 0. The molecule has 1 aliphatic carbocycles. The van der Waals surface area contributed by atoms with Gasteiger partial charge in [0.05, 0.1) is 0 Å². The maximum Gasteiger partial charge on any atom is 0.377 e.